The number of hydrogen-bond acceptors (Lipinski definition) is 21. The predicted octanol–water partition coefficient (Wildman–Crippen LogP) is 2.86. The first kappa shape index (κ1) is 56.4. The minimum Gasteiger partial charge on any atom is -0.387 e. The number of ether oxygens (including phenoxy) is 2. The molecule has 4 aliphatic heterocycles. The van der Waals surface area contributed by atoms with Crippen LogP contribution in [0.2, 0.25) is 0 Å². The number of hydrogen-bond donors (Lipinski definition) is 7. The van der Waals surface area contributed by atoms with E-state index in [9.17, 15) is 43.3 Å². The zero-order valence-electron chi connectivity index (χ0n) is 41.9. The average Bonchev–Trinajstić information content (AvgIpc) is 4.30. The summed E-state index contributed by atoms with van der Waals surface area (Å²) in [5.41, 5.74) is 6.37. The number of nitrogen functional groups attached to an aromatic ring is 1. The van der Waals surface area contributed by atoms with Gasteiger partial charge in [0.05, 0.1) is 25.9 Å². The minimum absolute atomic E-state index is 0.0394. The van der Waals surface area contributed by atoms with Crippen LogP contribution in [0.3, 0.4) is 0 Å². The first-order valence-electron chi connectivity index (χ1n) is 24.6. The van der Waals surface area contributed by atoms with Gasteiger partial charge in [0, 0.05) is 49.2 Å². The molecule has 4 aliphatic rings. The lowest BCUT2D eigenvalue weighted by atomic mass is 10.0. The van der Waals surface area contributed by atoms with Crippen LogP contribution in [0, 0.1) is 11.7 Å². The molecule has 8 heterocycles. The summed E-state index contributed by atoms with van der Waals surface area (Å²) < 4.78 is 82.2. The Morgan fingerprint density at radius 2 is 1.64 bits per heavy atom. The number of nitrogens with zero attached hydrogens (tertiary/aromatic N) is 7. The summed E-state index contributed by atoms with van der Waals surface area (Å²) in [6, 6.07) is 4.41. The SMILES string of the molecule is CC(C)[C@H](NC(=O)CCCCCN1C(=O)C=CC1=O)C(=O)N[C@@H](C)C(=O)Nc1ccc(CSP2(=O)OC[C@H]3O[C@@H](n4cc(F)c5c(=O)[nH]cnc54)[C@H](OP(=O)(O)OCC4O[C@@H](n5cnc6c(N)ncnc65)C[C@@H]4O2)[C@@H]3O)cc1. The lowest BCUT2D eigenvalue weighted by molar-refractivity contribution is -0.137. The Bertz CT molecular complexity index is 3270. The summed E-state index contributed by atoms with van der Waals surface area (Å²) in [5.74, 6) is -3.56. The summed E-state index contributed by atoms with van der Waals surface area (Å²) in [5, 5.41) is 19.2. The number of aliphatic hydroxyl groups is 1. The van der Waals surface area contributed by atoms with Crippen molar-refractivity contribution < 1.29 is 75.1 Å². The number of benzene rings is 1. The number of nitrogens with two attached hydrogens (primary N) is 1. The molecule has 0 saturated carbocycles. The zero-order valence-corrected chi connectivity index (χ0v) is 44.5. The number of aromatic amines is 1. The Morgan fingerprint density at radius 3 is 2.38 bits per heavy atom. The molecular formula is C46H55FN12O16P2S. The van der Waals surface area contributed by atoms with Crippen molar-refractivity contribution in [2.75, 3.05) is 30.8 Å². The maximum Gasteiger partial charge on any atom is 0.472 e. The van der Waals surface area contributed by atoms with Crippen LogP contribution in [0.5, 0.6) is 0 Å². The van der Waals surface area contributed by atoms with Gasteiger partial charge < -0.3 is 50.7 Å². The van der Waals surface area contributed by atoms with E-state index in [2.05, 4.69) is 40.9 Å². The number of amides is 5. The first-order valence-corrected chi connectivity index (χ1v) is 29.2. The van der Waals surface area contributed by atoms with Gasteiger partial charge in [-0.05, 0) is 54.8 Å². The van der Waals surface area contributed by atoms with Crippen LogP contribution in [0.15, 0.2) is 66.4 Å². The van der Waals surface area contributed by atoms with Gasteiger partial charge in [-0.1, -0.05) is 32.4 Å². The van der Waals surface area contributed by atoms with Crippen molar-refractivity contribution in [3.8, 4) is 0 Å². The monoisotopic (exact) mass is 1140 g/mol. The van der Waals surface area contributed by atoms with Crippen molar-refractivity contribution in [2.45, 2.75) is 114 Å². The number of halogens is 1. The molecule has 8 N–H and O–H groups in total. The second-order valence-corrected chi connectivity index (χ2v) is 24.4. The highest BCUT2D eigenvalue weighted by atomic mass is 32.7. The molecular weight excluding hydrogens is 1090 g/mol. The van der Waals surface area contributed by atoms with Crippen molar-refractivity contribution in [3.05, 3.63) is 83.3 Å². The van der Waals surface area contributed by atoms with Crippen molar-refractivity contribution in [3.63, 3.8) is 0 Å². The average molecular weight is 1150 g/mol. The molecule has 28 nitrogen and oxygen atoms in total. The quantitative estimate of drug-likeness (QED) is 0.0400. The number of imide groups is 1. The highest BCUT2D eigenvalue weighted by Gasteiger charge is 2.52. The number of nitrogens with one attached hydrogen (secondary N) is 4. The van der Waals surface area contributed by atoms with Gasteiger partial charge in [-0.25, -0.2) is 33.5 Å². The number of unbranched alkanes of at least 4 members (excludes halogenated alkanes) is 2. The number of phosphoric ester groups is 1. The fraction of sp³-hybridized carbons (Fsp3) is 0.478. The van der Waals surface area contributed by atoms with Crippen LogP contribution in [0.4, 0.5) is 15.9 Å². The number of aliphatic hydroxyl groups excluding tert-OH is 1. The van der Waals surface area contributed by atoms with Gasteiger partial charge in [0.2, 0.25) is 17.7 Å². The number of carbonyl (C=O) groups is 5. The van der Waals surface area contributed by atoms with Crippen LogP contribution < -0.4 is 27.2 Å². The van der Waals surface area contributed by atoms with Gasteiger partial charge in [0.15, 0.2) is 29.2 Å². The molecule has 4 aromatic heterocycles. The highest BCUT2D eigenvalue weighted by Crippen LogP contribution is 2.64. The molecule has 3 saturated heterocycles. The van der Waals surface area contributed by atoms with Gasteiger partial charge >= 0.3 is 14.6 Å². The minimum atomic E-state index is -5.18. The number of imidazole rings is 1. The van der Waals surface area contributed by atoms with Crippen molar-refractivity contribution in [2.24, 2.45) is 5.92 Å². The normalized spacial score (nSPS) is 27.3. The van der Waals surface area contributed by atoms with Gasteiger partial charge in [-0.2, -0.15) is 0 Å². The third-order valence-corrected chi connectivity index (χ3v) is 17.8. The molecule has 1 aromatic carbocycles. The van der Waals surface area contributed by atoms with Gasteiger partial charge in [-0.3, -0.25) is 56.3 Å². The fourth-order valence-electron chi connectivity index (χ4n) is 9.05. The Kier molecular flexibility index (Phi) is 17.1. The summed E-state index contributed by atoms with van der Waals surface area (Å²) in [7, 11) is -5.18. The van der Waals surface area contributed by atoms with E-state index in [1.54, 1.807) is 38.1 Å². The maximum atomic E-state index is 15.2. The Labute approximate surface area is 446 Å². The summed E-state index contributed by atoms with van der Waals surface area (Å²) >= 11 is 0.735. The van der Waals surface area contributed by atoms with Crippen molar-refractivity contribution in [1.82, 2.24) is 49.6 Å². The second-order valence-electron chi connectivity index (χ2n) is 19.0. The number of aromatic nitrogens is 7. The van der Waals surface area contributed by atoms with Crippen LogP contribution in [-0.4, -0.2) is 141 Å². The number of carbonyl (C=O) groups excluding carboxylic acids is 5. The molecule has 11 atom stereocenters. The molecule has 78 heavy (non-hydrogen) atoms. The topological polar surface area (TPSA) is 375 Å². The Morgan fingerprint density at radius 1 is 0.897 bits per heavy atom. The molecule has 5 aromatic rings. The van der Waals surface area contributed by atoms with Crippen LogP contribution in [0.25, 0.3) is 22.2 Å². The predicted molar refractivity (Wildman–Crippen MR) is 273 cm³/mol. The number of phosphoric acid groups is 1. The number of anilines is 2. The molecule has 0 radical (unpaired) electrons. The molecule has 418 valence electrons. The number of rotatable bonds is 17. The first-order chi connectivity index (χ1) is 37.2. The van der Waals surface area contributed by atoms with E-state index in [4.69, 9.17) is 33.3 Å². The summed E-state index contributed by atoms with van der Waals surface area (Å²) in [6.45, 7) is -0.612. The van der Waals surface area contributed by atoms with Gasteiger partial charge in [0.1, 0.15) is 66.1 Å². The van der Waals surface area contributed by atoms with Gasteiger partial charge in [-0.15, -0.1) is 0 Å². The van der Waals surface area contributed by atoms with E-state index in [1.807, 2.05) is 0 Å². The van der Waals surface area contributed by atoms with Crippen LogP contribution >= 0.6 is 26.0 Å². The molecule has 5 amide bonds. The molecule has 2 bridgehead atoms. The fourth-order valence-corrected chi connectivity index (χ4v) is 13.4. The maximum absolute atomic E-state index is 15.2. The lowest BCUT2D eigenvalue weighted by Gasteiger charge is -2.26. The van der Waals surface area contributed by atoms with E-state index in [0.717, 1.165) is 33.4 Å². The van der Waals surface area contributed by atoms with Crippen LogP contribution in [-0.2, 0) is 66.4 Å². The summed E-state index contributed by atoms with van der Waals surface area (Å²) in [6.07, 6.45) is -1.58. The highest BCUT2D eigenvalue weighted by molar-refractivity contribution is 8.54. The molecule has 32 heteroatoms. The second kappa shape index (κ2) is 23.6. The van der Waals surface area contributed by atoms with Crippen molar-refractivity contribution in [1.29, 1.82) is 0 Å². The van der Waals surface area contributed by atoms with E-state index in [0.29, 0.717) is 30.5 Å². The third kappa shape index (κ3) is 12.6. The lowest BCUT2D eigenvalue weighted by Crippen LogP contribution is -2.53. The molecule has 3 fully saturated rings. The standard InChI is InChI=1S/C46H55FN12O16P2S/c1-23(2)36(56-31(60)7-5-4-6-14-57-32(61)12-13-33(57)62)45(66)54-24(3)43(64)55-26-10-8-25(9-11-26)19-78-77(69)71-18-30-38(63)39(46(73-30)58-16-27(47)35-41(58)50-21-52-44(35)65)75-76(67,68)70-17-29-28(74-77)15-34(72-29)59-22-53-37-40(48)49-20-51-42(37)59/h8-13,16,20-24,28-30,34,36,38-39,46,63H,4-7,14-15,17-19H2,1-3H3,(H,54,66)(H,55,64)(H,56,60)(H,67,68)(H2,48,49,51)(H,50,52,65)/t24-,28-,29?,30+,34+,36-,38+,39+,46+,77?/m0/s1. The molecule has 9 rings (SSSR count). The van der Waals surface area contributed by atoms with Gasteiger partial charge in [0.25, 0.3) is 17.4 Å². The smallest absolute Gasteiger partial charge is 0.387 e. The summed E-state index contributed by atoms with van der Waals surface area (Å²) in [4.78, 5) is 107. The number of fused-ring (bicyclic) bond motifs is 5. The zero-order chi connectivity index (χ0) is 55.6. The third-order valence-electron chi connectivity index (χ3n) is 13.2. The number of H-pyrrole nitrogens is 1. The Balaban J connectivity index is 0.859. The Hall–Kier alpha value is -6.30. The molecule has 3 unspecified atom stereocenters. The van der Waals surface area contributed by atoms with Crippen molar-refractivity contribution >= 4 is 89.2 Å². The molecule has 0 spiro atoms. The van der Waals surface area contributed by atoms with E-state index in [-0.39, 0.29) is 71.4 Å². The largest absolute Gasteiger partial charge is 0.472 e. The van der Waals surface area contributed by atoms with E-state index >= 15 is 8.96 Å². The van der Waals surface area contributed by atoms with E-state index in [1.165, 1.54) is 36.3 Å². The van der Waals surface area contributed by atoms with Crippen LogP contribution in [0.1, 0.15) is 70.9 Å². The molecule has 0 aliphatic carbocycles. The van der Waals surface area contributed by atoms with E-state index < -0.39 is 111 Å².